The number of hydrogen-bond acceptors (Lipinski definition) is 2. The van der Waals surface area contributed by atoms with E-state index in [1.165, 1.54) is 36.9 Å². The molecule has 1 unspecified atom stereocenters. The van der Waals surface area contributed by atoms with Crippen molar-refractivity contribution in [3.05, 3.63) is 28.8 Å². The molecule has 0 aromatic heterocycles. The Morgan fingerprint density at radius 1 is 1.24 bits per heavy atom. The lowest BCUT2D eigenvalue weighted by Gasteiger charge is -2.34. The summed E-state index contributed by atoms with van der Waals surface area (Å²) < 4.78 is 0. The molecule has 118 valence electrons. The molecule has 2 rings (SSSR count). The number of rotatable bonds is 6. The second-order valence-corrected chi connectivity index (χ2v) is 7.38. The van der Waals surface area contributed by atoms with E-state index in [4.69, 9.17) is 17.3 Å². The van der Waals surface area contributed by atoms with Gasteiger partial charge >= 0.3 is 0 Å². The number of hydrogen-bond donors (Lipinski definition) is 1. The Labute approximate surface area is 134 Å². The minimum absolute atomic E-state index is 0.159. The van der Waals surface area contributed by atoms with E-state index in [2.05, 4.69) is 37.8 Å². The summed E-state index contributed by atoms with van der Waals surface area (Å²) in [6.07, 6.45) is 6.22. The fourth-order valence-electron chi connectivity index (χ4n) is 3.40. The molecule has 0 heterocycles. The molecule has 1 aromatic rings. The Hall–Kier alpha value is -0.730. The minimum atomic E-state index is 0.159. The lowest BCUT2D eigenvalue weighted by Crippen LogP contribution is -2.37. The van der Waals surface area contributed by atoms with Gasteiger partial charge in [-0.15, -0.1) is 0 Å². The third-order valence-corrected chi connectivity index (χ3v) is 4.46. The van der Waals surface area contributed by atoms with Crippen LogP contribution in [0.25, 0.3) is 0 Å². The Kier molecular flexibility index (Phi) is 5.95. The summed E-state index contributed by atoms with van der Waals surface area (Å²) in [5.74, 6) is 0.657. The molecule has 1 fully saturated rings. The molecule has 1 atom stereocenters. The summed E-state index contributed by atoms with van der Waals surface area (Å²) in [7, 11) is 0. The normalized spacial score (nSPS) is 17.4. The van der Waals surface area contributed by atoms with E-state index in [0.717, 1.165) is 18.0 Å². The SMILES string of the molecule is CC(C)CN(c1ccc(Cl)cc1CC(C)N)C1CCCC1. The molecule has 21 heavy (non-hydrogen) atoms. The monoisotopic (exact) mass is 308 g/mol. The van der Waals surface area contributed by atoms with Crippen LogP contribution >= 0.6 is 11.6 Å². The molecule has 0 spiro atoms. The van der Waals surface area contributed by atoms with Crippen LogP contribution in [0.1, 0.15) is 52.0 Å². The predicted molar refractivity (Wildman–Crippen MR) is 93.2 cm³/mol. The first-order chi connectivity index (χ1) is 9.97. The lowest BCUT2D eigenvalue weighted by molar-refractivity contribution is 0.533. The summed E-state index contributed by atoms with van der Waals surface area (Å²) in [5, 5.41) is 0.810. The van der Waals surface area contributed by atoms with Gasteiger partial charge in [0.2, 0.25) is 0 Å². The molecule has 0 aliphatic heterocycles. The largest absolute Gasteiger partial charge is 0.368 e. The molecule has 0 radical (unpaired) electrons. The maximum atomic E-state index is 6.21. The van der Waals surface area contributed by atoms with Gasteiger partial charge in [0.05, 0.1) is 0 Å². The van der Waals surface area contributed by atoms with Crippen molar-refractivity contribution in [2.75, 3.05) is 11.4 Å². The topological polar surface area (TPSA) is 29.3 Å². The Morgan fingerprint density at radius 2 is 1.90 bits per heavy atom. The summed E-state index contributed by atoms with van der Waals surface area (Å²) in [6.45, 7) is 7.76. The van der Waals surface area contributed by atoms with Crippen LogP contribution in [0.3, 0.4) is 0 Å². The van der Waals surface area contributed by atoms with Gasteiger partial charge < -0.3 is 10.6 Å². The van der Waals surface area contributed by atoms with Gasteiger partial charge in [-0.2, -0.15) is 0 Å². The van der Waals surface area contributed by atoms with Crippen LogP contribution in [-0.2, 0) is 6.42 Å². The van der Waals surface area contributed by atoms with Gasteiger partial charge in [-0.1, -0.05) is 38.3 Å². The van der Waals surface area contributed by atoms with Crippen molar-refractivity contribution in [3.8, 4) is 0 Å². The summed E-state index contributed by atoms with van der Waals surface area (Å²) in [6, 6.07) is 7.15. The fourth-order valence-corrected chi connectivity index (χ4v) is 3.59. The quantitative estimate of drug-likeness (QED) is 0.830. The van der Waals surface area contributed by atoms with Gasteiger partial charge in [0, 0.05) is 29.3 Å². The van der Waals surface area contributed by atoms with Crippen LogP contribution in [0.15, 0.2) is 18.2 Å². The standard InChI is InChI=1S/C18H29ClN2/c1-13(2)12-21(17-6-4-5-7-17)18-9-8-16(19)11-15(18)10-14(3)20/h8-9,11,13-14,17H,4-7,10,12,20H2,1-3H3. The zero-order valence-corrected chi connectivity index (χ0v) is 14.4. The first-order valence-electron chi connectivity index (χ1n) is 8.28. The average Bonchev–Trinajstić information content (AvgIpc) is 2.89. The molecular weight excluding hydrogens is 280 g/mol. The van der Waals surface area contributed by atoms with Gasteiger partial charge in [0.1, 0.15) is 0 Å². The molecular formula is C18H29ClN2. The van der Waals surface area contributed by atoms with Gasteiger partial charge in [-0.05, 0) is 55.9 Å². The number of nitrogens with zero attached hydrogens (tertiary/aromatic N) is 1. The minimum Gasteiger partial charge on any atom is -0.368 e. The summed E-state index contributed by atoms with van der Waals surface area (Å²) in [5.41, 5.74) is 8.68. The zero-order valence-electron chi connectivity index (χ0n) is 13.6. The van der Waals surface area contributed by atoms with E-state index < -0.39 is 0 Å². The Bertz CT molecular complexity index is 451. The first kappa shape index (κ1) is 16.6. The van der Waals surface area contributed by atoms with Gasteiger partial charge in [-0.25, -0.2) is 0 Å². The highest BCUT2D eigenvalue weighted by molar-refractivity contribution is 6.30. The molecule has 0 saturated heterocycles. The molecule has 1 aromatic carbocycles. The van der Waals surface area contributed by atoms with Crippen molar-refractivity contribution < 1.29 is 0 Å². The van der Waals surface area contributed by atoms with E-state index in [-0.39, 0.29) is 6.04 Å². The number of benzene rings is 1. The maximum absolute atomic E-state index is 6.21. The molecule has 0 bridgehead atoms. The van der Waals surface area contributed by atoms with Crippen LogP contribution in [0.2, 0.25) is 5.02 Å². The van der Waals surface area contributed by atoms with E-state index in [0.29, 0.717) is 12.0 Å². The van der Waals surface area contributed by atoms with Crippen molar-refractivity contribution in [2.45, 2.75) is 65.0 Å². The first-order valence-corrected chi connectivity index (χ1v) is 8.65. The van der Waals surface area contributed by atoms with Crippen molar-refractivity contribution in [1.82, 2.24) is 0 Å². The molecule has 1 aliphatic rings. The van der Waals surface area contributed by atoms with Crippen molar-refractivity contribution in [2.24, 2.45) is 11.7 Å². The van der Waals surface area contributed by atoms with E-state index in [1.807, 2.05) is 6.07 Å². The highest BCUT2D eigenvalue weighted by atomic mass is 35.5. The Morgan fingerprint density at radius 3 is 2.48 bits per heavy atom. The van der Waals surface area contributed by atoms with E-state index in [9.17, 15) is 0 Å². The summed E-state index contributed by atoms with van der Waals surface area (Å²) in [4.78, 5) is 2.62. The second kappa shape index (κ2) is 7.51. The predicted octanol–water partition coefficient (Wildman–Crippen LogP) is 4.63. The van der Waals surface area contributed by atoms with Crippen LogP contribution < -0.4 is 10.6 Å². The van der Waals surface area contributed by atoms with Gasteiger partial charge in [-0.3, -0.25) is 0 Å². The van der Waals surface area contributed by atoms with Gasteiger partial charge in [0.25, 0.3) is 0 Å². The third-order valence-electron chi connectivity index (χ3n) is 4.22. The molecule has 2 nitrogen and oxygen atoms in total. The Balaban J connectivity index is 2.33. The van der Waals surface area contributed by atoms with Crippen LogP contribution in [0, 0.1) is 5.92 Å². The third kappa shape index (κ3) is 4.62. The fraction of sp³-hybridized carbons (Fsp3) is 0.667. The van der Waals surface area contributed by atoms with Crippen LogP contribution in [-0.4, -0.2) is 18.6 Å². The number of halogens is 1. The second-order valence-electron chi connectivity index (χ2n) is 6.94. The highest BCUT2D eigenvalue weighted by Crippen LogP contribution is 2.33. The molecule has 1 saturated carbocycles. The summed E-state index contributed by atoms with van der Waals surface area (Å²) >= 11 is 6.21. The van der Waals surface area contributed by atoms with Crippen molar-refractivity contribution >= 4 is 17.3 Å². The molecule has 3 heteroatoms. The zero-order chi connectivity index (χ0) is 15.4. The maximum Gasteiger partial charge on any atom is 0.0410 e. The lowest BCUT2D eigenvalue weighted by atomic mass is 10.0. The molecule has 2 N–H and O–H groups in total. The molecule has 0 amide bonds. The van der Waals surface area contributed by atoms with Crippen LogP contribution in [0.4, 0.5) is 5.69 Å². The van der Waals surface area contributed by atoms with Crippen molar-refractivity contribution in [3.63, 3.8) is 0 Å². The van der Waals surface area contributed by atoms with E-state index in [1.54, 1.807) is 0 Å². The number of nitrogens with two attached hydrogens (primary N) is 1. The van der Waals surface area contributed by atoms with E-state index >= 15 is 0 Å². The highest BCUT2D eigenvalue weighted by Gasteiger charge is 2.25. The number of anilines is 1. The average molecular weight is 309 g/mol. The van der Waals surface area contributed by atoms with Crippen LogP contribution in [0.5, 0.6) is 0 Å². The van der Waals surface area contributed by atoms with Crippen molar-refractivity contribution in [1.29, 1.82) is 0 Å². The van der Waals surface area contributed by atoms with Gasteiger partial charge in [0.15, 0.2) is 0 Å². The smallest absolute Gasteiger partial charge is 0.0410 e. The molecule has 1 aliphatic carbocycles.